The van der Waals surface area contributed by atoms with E-state index >= 15 is 0 Å². The molecule has 4 unspecified atom stereocenters. The van der Waals surface area contributed by atoms with Crippen LogP contribution in [-0.4, -0.2) is 86.1 Å². The van der Waals surface area contributed by atoms with E-state index in [1.54, 1.807) is 0 Å². The monoisotopic (exact) mass is 570 g/mol. The summed E-state index contributed by atoms with van der Waals surface area (Å²) in [4.78, 5) is 25.5. The van der Waals surface area contributed by atoms with Crippen LogP contribution in [0.5, 0.6) is 0 Å². The Labute approximate surface area is 245 Å². The van der Waals surface area contributed by atoms with Crippen molar-refractivity contribution in [2.24, 2.45) is 0 Å². The fourth-order valence-corrected chi connectivity index (χ4v) is 4.87. The highest BCUT2D eigenvalue weighted by atomic mass is 16.6. The van der Waals surface area contributed by atoms with Crippen LogP contribution in [0, 0.1) is 0 Å². The molecule has 228 valence electrons. The fraction of sp³-hybridized carbons (Fsp3) is 0.645. The van der Waals surface area contributed by atoms with Gasteiger partial charge in [-0.2, -0.15) is 0 Å². The van der Waals surface area contributed by atoms with Crippen LogP contribution in [0.2, 0.25) is 0 Å². The Morgan fingerprint density at radius 3 is 1.83 bits per heavy atom. The highest BCUT2D eigenvalue weighted by Crippen LogP contribution is 2.33. The van der Waals surface area contributed by atoms with Gasteiger partial charge in [0.1, 0.15) is 17.2 Å². The maximum Gasteiger partial charge on any atom is 0.413 e. The molecule has 0 saturated carbocycles. The van der Waals surface area contributed by atoms with Crippen LogP contribution in [-0.2, 0) is 14.2 Å². The number of carbonyl (C=O) groups excluding carboxylic acids is 1. The predicted molar refractivity (Wildman–Crippen MR) is 163 cm³/mol. The molecule has 2 saturated heterocycles. The average molecular weight is 571 g/mol. The van der Waals surface area contributed by atoms with Crippen molar-refractivity contribution >= 4 is 17.7 Å². The molecule has 2 aromatic heterocycles. The number of nitrogens with one attached hydrogen (secondary N) is 1. The molecule has 2 fully saturated rings. The molecule has 4 rings (SSSR count). The second-order valence-corrected chi connectivity index (χ2v) is 12.4. The summed E-state index contributed by atoms with van der Waals surface area (Å²) in [7, 11) is 8.17. The van der Waals surface area contributed by atoms with Crippen LogP contribution in [0.25, 0.3) is 0 Å². The minimum Gasteiger partial charge on any atom is -0.444 e. The number of hydrogen-bond donors (Lipinski definition) is 2. The topological polar surface area (TPSA) is 115 Å². The van der Waals surface area contributed by atoms with E-state index in [0.29, 0.717) is 23.5 Å². The molecule has 4 heterocycles. The Morgan fingerprint density at radius 1 is 0.902 bits per heavy atom. The largest absolute Gasteiger partial charge is 0.444 e. The lowest BCUT2D eigenvalue weighted by Crippen LogP contribution is -2.28. The number of hydrogen-bond acceptors (Lipinski definition) is 9. The van der Waals surface area contributed by atoms with E-state index in [-0.39, 0.29) is 12.1 Å². The van der Waals surface area contributed by atoms with E-state index in [2.05, 4.69) is 54.1 Å². The minimum atomic E-state index is -0.537. The lowest BCUT2D eigenvalue weighted by molar-refractivity contribution is 0.0635. The molecule has 0 aliphatic carbocycles. The number of nitrogens with zero attached hydrogens (tertiary/aromatic N) is 4. The van der Waals surface area contributed by atoms with Gasteiger partial charge in [-0.05, 0) is 98.9 Å². The normalized spacial score (nSPS) is 20.5. The van der Waals surface area contributed by atoms with E-state index < -0.39 is 11.7 Å². The molecule has 0 bridgehead atoms. The second kappa shape index (κ2) is 14.4. The molecule has 0 radical (unpaired) electrons. The third kappa shape index (κ3) is 9.36. The zero-order chi connectivity index (χ0) is 30.3. The SMILES string of the molecule is CC(c1nc(N)ccc1C1CCOC1)N(C)C.CC(c1nc(NC(=O)OC(C)(C)C)ccc1C1CCOC1)N(C)C. The third-order valence-corrected chi connectivity index (χ3v) is 7.65. The van der Waals surface area contributed by atoms with Crippen molar-refractivity contribution < 1.29 is 19.0 Å². The quantitative estimate of drug-likeness (QED) is 0.455. The molecule has 10 nitrogen and oxygen atoms in total. The zero-order valence-corrected chi connectivity index (χ0v) is 26.4. The summed E-state index contributed by atoms with van der Waals surface area (Å²) in [6.07, 6.45) is 1.60. The number of carbonyl (C=O) groups is 1. The second-order valence-electron chi connectivity index (χ2n) is 12.4. The number of nitrogens with two attached hydrogens (primary N) is 1. The number of ether oxygens (including phenoxy) is 3. The Hall–Kier alpha value is -2.79. The lowest BCUT2D eigenvalue weighted by Gasteiger charge is -2.25. The van der Waals surface area contributed by atoms with Crippen molar-refractivity contribution in [2.75, 3.05) is 65.7 Å². The van der Waals surface area contributed by atoms with Gasteiger partial charge in [-0.25, -0.2) is 14.8 Å². The van der Waals surface area contributed by atoms with E-state index in [4.69, 9.17) is 24.9 Å². The van der Waals surface area contributed by atoms with Crippen LogP contribution in [0.15, 0.2) is 24.3 Å². The molecule has 0 spiro atoms. The summed E-state index contributed by atoms with van der Waals surface area (Å²) in [5.74, 6) is 1.94. The molecule has 2 aliphatic heterocycles. The Morgan fingerprint density at radius 2 is 1.39 bits per heavy atom. The van der Waals surface area contributed by atoms with Gasteiger partial charge >= 0.3 is 6.09 Å². The first-order valence-electron chi connectivity index (χ1n) is 14.5. The summed E-state index contributed by atoms with van der Waals surface area (Å²) in [6.45, 7) is 12.9. The van der Waals surface area contributed by atoms with Gasteiger partial charge in [0.15, 0.2) is 0 Å². The smallest absolute Gasteiger partial charge is 0.413 e. The van der Waals surface area contributed by atoms with Gasteiger partial charge in [0.25, 0.3) is 0 Å². The molecule has 2 aromatic rings. The van der Waals surface area contributed by atoms with Crippen molar-refractivity contribution in [1.82, 2.24) is 19.8 Å². The highest BCUT2D eigenvalue weighted by Gasteiger charge is 2.26. The third-order valence-electron chi connectivity index (χ3n) is 7.65. The number of anilines is 2. The molecule has 3 N–H and O–H groups in total. The van der Waals surface area contributed by atoms with Gasteiger partial charge in [-0.15, -0.1) is 0 Å². The van der Waals surface area contributed by atoms with Gasteiger partial charge < -0.3 is 29.7 Å². The zero-order valence-electron chi connectivity index (χ0n) is 26.4. The Balaban J connectivity index is 0.000000239. The maximum absolute atomic E-state index is 12.0. The van der Waals surface area contributed by atoms with Crippen molar-refractivity contribution in [1.29, 1.82) is 0 Å². The number of amides is 1. The summed E-state index contributed by atoms with van der Waals surface area (Å²) in [5.41, 5.74) is 9.82. The average Bonchev–Trinajstić information content (AvgIpc) is 3.62. The Kier molecular flexibility index (Phi) is 11.5. The summed E-state index contributed by atoms with van der Waals surface area (Å²) < 4.78 is 16.3. The van der Waals surface area contributed by atoms with Crippen LogP contribution in [0.4, 0.5) is 16.4 Å². The van der Waals surface area contributed by atoms with Crippen molar-refractivity contribution in [3.05, 3.63) is 46.8 Å². The molecule has 1 amide bonds. The maximum atomic E-state index is 12.0. The molecular weight excluding hydrogens is 520 g/mol. The van der Waals surface area contributed by atoms with Crippen LogP contribution in [0.1, 0.15) is 93.9 Å². The van der Waals surface area contributed by atoms with E-state index in [1.807, 2.05) is 53.1 Å². The molecule has 0 aromatic carbocycles. The van der Waals surface area contributed by atoms with E-state index in [1.165, 1.54) is 11.1 Å². The Bertz CT molecular complexity index is 1140. The van der Waals surface area contributed by atoms with Gasteiger partial charge in [-0.3, -0.25) is 5.32 Å². The standard InChI is InChI=1S/C18H29N3O3.C13H21N3O/c1-12(21(5)6)16-14(13-9-10-23-11-13)7-8-15(19-16)20-17(22)24-18(2,3)4;1-9(16(2)3)13-11(4-5-12(14)15-13)10-6-7-17-8-10/h7-8,12-13H,9-11H2,1-6H3,(H,19,20,22);4-5,9-10H,6-8H2,1-3H3,(H2,14,15). The van der Waals surface area contributed by atoms with Gasteiger partial charge in [0.2, 0.25) is 0 Å². The van der Waals surface area contributed by atoms with E-state index in [0.717, 1.165) is 50.7 Å². The molecule has 10 heteroatoms. The number of nitrogen functional groups attached to an aromatic ring is 1. The minimum absolute atomic E-state index is 0.140. The number of aromatic nitrogens is 2. The van der Waals surface area contributed by atoms with Crippen molar-refractivity contribution in [3.8, 4) is 0 Å². The lowest BCUT2D eigenvalue weighted by atomic mass is 9.94. The molecule has 2 aliphatic rings. The molecule has 4 atom stereocenters. The van der Waals surface area contributed by atoms with Crippen molar-refractivity contribution in [2.45, 2.75) is 77.0 Å². The summed E-state index contributed by atoms with van der Waals surface area (Å²) >= 11 is 0. The van der Waals surface area contributed by atoms with Gasteiger partial charge in [0, 0.05) is 37.1 Å². The first-order chi connectivity index (χ1) is 19.3. The fourth-order valence-electron chi connectivity index (χ4n) is 4.87. The summed E-state index contributed by atoms with van der Waals surface area (Å²) in [6, 6.07) is 8.30. The van der Waals surface area contributed by atoms with Gasteiger partial charge in [-0.1, -0.05) is 12.1 Å². The number of pyridine rings is 2. The predicted octanol–water partition coefficient (Wildman–Crippen LogP) is 5.35. The first kappa shape index (κ1) is 32.7. The first-order valence-corrected chi connectivity index (χ1v) is 14.5. The number of rotatable bonds is 7. The van der Waals surface area contributed by atoms with Crippen LogP contribution >= 0.6 is 0 Å². The molecular formula is C31H50N6O4. The van der Waals surface area contributed by atoms with E-state index in [9.17, 15) is 4.79 Å². The molecule has 41 heavy (non-hydrogen) atoms. The van der Waals surface area contributed by atoms with Crippen molar-refractivity contribution in [3.63, 3.8) is 0 Å². The van der Waals surface area contributed by atoms with Gasteiger partial charge in [0.05, 0.1) is 24.6 Å². The highest BCUT2D eigenvalue weighted by molar-refractivity contribution is 5.83. The summed E-state index contributed by atoms with van der Waals surface area (Å²) in [5, 5.41) is 2.73. The van der Waals surface area contributed by atoms with Crippen LogP contribution < -0.4 is 11.1 Å². The van der Waals surface area contributed by atoms with Crippen LogP contribution in [0.3, 0.4) is 0 Å².